The number of rotatable bonds is 7. The van der Waals surface area contributed by atoms with Gasteiger partial charge >= 0.3 is 0 Å². The normalized spacial score (nSPS) is 14.2. The number of anilines is 1. The molecular weight excluding hydrogens is 425 g/mol. The van der Waals surface area contributed by atoms with Crippen LogP contribution < -0.4 is 16.0 Å². The highest BCUT2D eigenvalue weighted by molar-refractivity contribution is 6.34. The molecule has 3 amide bonds. The Morgan fingerprint density at radius 2 is 1.60 bits per heavy atom. The predicted molar refractivity (Wildman–Crippen MR) is 118 cm³/mol. The number of hydrogen-bond acceptors (Lipinski definition) is 3. The van der Waals surface area contributed by atoms with Gasteiger partial charge in [-0.25, -0.2) is 0 Å². The van der Waals surface area contributed by atoms with E-state index in [0.29, 0.717) is 21.8 Å². The van der Waals surface area contributed by atoms with Gasteiger partial charge in [-0.1, -0.05) is 49.2 Å². The third kappa shape index (κ3) is 5.52. The first kappa shape index (κ1) is 22.1. The zero-order valence-electron chi connectivity index (χ0n) is 16.7. The highest BCUT2D eigenvalue weighted by Crippen LogP contribution is 2.24. The molecule has 2 aromatic rings. The standard InChI is InChI=1S/C22H23Cl2N3O3/c1-12(2)19(27-21(29)15-5-3-4-6-17(15)23)22(30)26-14-9-10-16(18(24)11-14)20(28)25-13-7-8-13/h3-6,9-13,19H,7-8H2,1-2H3,(H,25,28)(H,26,30)(H,27,29). The summed E-state index contributed by atoms with van der Waals surface area (Å²) >= 11 is 12.3. The second-order valence-corrected chi connectivity index (χ2v) is 8.42. The molecule has 0 saturated heterocycles. The molecule has 0 aliphatic heterocycles. The smallest absolute Gasteiger partial charge is 0.253 e. The summed E-state index contributed by atoms with van der Waals surface area (Å²) in [5.74, 6) is -1.22. The van der Waals surface area contributed by atoms with Crippen LogP contribution in [0.3, 0.4) is 0 Å². The van der Waals surface area contributed by atoms with Crippen LogP contribution in [0.1, 0.15) is 47.4 Å². The average Bonchev–Trinajstić information content (AvgIpc) is 3.49. The summed E-state index contributed by atoms with van der Waals surface area (Å²) in [4.78, 5) is 37.6. The lowest BCUT2D eigenvalue weighted by atomic mass is 10.0. The van der Waals surface area contributed by atoms with Crippen molar-refractivity contribution in [3.63, 3.8) is 0 Å². The molecule has 0 heterocycles. The Morgan fingerprint density at radius 1 is 0.933 bits per heavy atom. The van der Waals surface area contributed by atoms with E-state index in [1.165, 1.54) is 6.07 Å². The molecule has 1 aliphatic carbocycles. The third-order valence-electron chi connectivity index (χ3n) is 4.75. The first-order valence-corrected chi connectivity index (χ1v) is 10.5. The lowest BCUT2D eigenvalue weighted by Gasteiger charge is -2.22. The van der Waals surface area contributed by atoms with Gasteiger partial charge in [0.15, 0.2) is 0 Å². The SMILES string of the molecule is CC(C)C(NC(=O)c1ccccc1Cl)C(=O)Nc1ccc(C(=O)NC2CC2)c(Cl)c1. The minimum Gasteiger partial charge on any atom is -0.349 e. The largest absolute Gasteiger partial charge is 0.349 e. The van der Waals surface area contributed by atoms with Gasteiger partial charge in [0.05, 0.1) is 21.2 Å². The molecule has 158 valence electrons. The molecular formula is C22H23Cl2N3O3. The van der Waals surface area contributed by atoms with Crippen LogP contribution in [0, 0.1) is 5.92 Å². The Labute approximate surface area is 185 Å². The summed E-state index contributed by atoms with van der Waals surface area (Å²) in [5, 5.41) is 8.92. The van der Waals surface area contributed by atoms with E-state index in [9.17, 15) is 14.4 Å². The number of halogens is 2. The zero-order valence-corrected chi connectivity index (χ0v) is 18.2. The quantitative estimate of drug-likeness (QED) is 0.591. The van der Waals surface area contributed by atoms with E-state index in [1.54, 1.807) is 36.4 Å². The van der Waals surface area contributed by atoms with Crippen LogP contribution in [-0.4, -0.2) is 29.8 Å². The molecule has 0 aromatic heterocycles. The topological polar surface area (TPSA) is 87.3 Å². The second kappa shape index (κ2) is 9.49. The van der Waals surface area contributed by atoms with Crippen molar-refractivity contribution >= 4 is 46.6 Å². The van der Waals surface area contributed by atoms with Crippen molar-refractivity contribution in [3.8, 4) is 0 Å². The minimum atomic E-state index is -0.787. The zero-order chi connectivity index (χ0) is 21.8. The van der Waals surface area contributed by atoms with Gasteiger partial charge in [-0.05, 0) is 49.1 Å². The van der Waals surface area contributed by atoms with Crippen LogP contribution in [0.4, 0.5) is 5.69 Å². The Bertz CT molecular complexity index is 974. The van der Waals surface area contributed by atoms with Gasteiger partial charge in [-0.3, -0.25) is 14.4 Å². The lowest BCUT2D eigenvalue weighted by molar-refractivity contribution is -0.118. The number of amides is 3. The molecule has 8 heteroatoms. The first-order chi connectivity index (χ1) is 14.3. The van der Waals surface area contributed by atoms with E-state index in [4.69, 9.17) is 23.2 Å². The van der Waals surface area contributed by atoms with Gasteiger partial charge in [0.25, 0.3) is 11.8 Å². The predicted octanol–water partition coefficient (Wildman–Crippen LogP) is 4.28. The maximum absolute atomic E-state index is 12.8. The molecule has 30 heavy (non-hydrogen) atoms. The van der Waals surface area contributed by atoms with Crippen molar-refractivity contribution in [2.75, 3.05) is 5.32 Å². The molecule has 3 rings (SSSR count). The summed E-state index contributed by atoms with van der Waals surface area (Å²) in [7, 11) is 0. The molecule has 0 radical (unpaired) electrons. The van der Waals surface area contributed by atoms with Gasteiger partial charge in [0, 0.05) is 11.7 Å². The van der Waals surface area contributed by atoms with Crippen LogP contribution in [-0.2, 0) is 4.79 Å². The maximum atomic E-state index is 12.8. The van der Waals surface area contributed by atoms with Crippen LogP contribution in [0.5, 0.6) is 0 Å². The number of carbonyl (C=O) groups excluding carboxylic acids is 3. The summed E-state index contributed by atoms with van der Waals surface area (Å²) < 4.78 is 0. The van der Waals surface area contributed by atoms with E-state index in [-0.39, 0.29) is 22.9 Å². The summed E-state index contributed by atoms with van der Waals surface area (Å²) in [5.41, 5.74) is 1.09. The molecule has 1 atom stereocenters. The van der Waals surface area contributed by atoms with Crippen LogP contribution >= 0.6 is 23.2 Å². The van der Waals surface area contributed by atoms with Gasteiger partial charge < -0.3 is 16.0 Å². The highest BCUT2D eigenvalue weighted by Gasteiger charge is 2.27. The summed E-state index contributed by atoms with van der Waals surface area (Å²) in [6, 6.07) is 10.8. The van der Waals surface area contributed by atoms with Gasteiger partial charge in [-0.2, -0.15) is 0 Å². The van der Waals surface area contributed by atoms with Gasteiger partial charge in [0.2, 0.25) is 5.91 Å². The van der Waals surface area contributed by atoms with Crippen molar-refractivity contribution in [1.29, 1.82) is 0 Å². The second-order valence-electron chi connectivity index (χ2n) is 7.61. The van der Waals surface area contributed by atoms with Crippen molar-refractivity contribution in [1.82, 2.24) is 10.6 Å². The Balaban J connectivity index is 1.68. The van der Waals surface area contributed by atoms with E-state index in [2.05, 4.69) is 16.0 Å². The Kier molecular flexibility index (Phi) is 7.00. The average molecular weight is 448 g/mol. The molecule has 1 unspecified atom stereocenters. The molecule has 2 aromatic carbocycles. The van der Waals surface area contributed by atoms with Crippen molar-refractivity contribution in [2.45, 2.75) is 38.8 Å². The maximum Gasteiger partial charge on any atom is 0.253 e. The minimum absolute atomic E-state index is 0.171. The fraction of sp³-hybridized carbons (Fsp3) is 0.318. The van der Waals surface area contributed by atoms with E-state index in [1.807, 2.05) is 13.8 Å². The van der Waals surface area contributed by atoms with Gasteiger partial charge in [-0.15, -0.1) is 0 Å². The molecule has 1 saturated carbocycles. The molecule has 0 spiro atoms. The molecule has 3 N–H and O–H groups in total. The van der Waals surface area contributed by atoms with Crippen molar-refractivity contribution in [2.24, 2.45) is 5.92 Å². The Morgan fingerprint density at radius 3 is 2.20 bits per heavy atom. The summed E-state index contributed by atoms with van der Waals surface area (Å²) in [6.07, 6.45) is 1.96. The van der Waals surface area contributed by atoms with Crippen LogP contribution in [0.15, 0.2) is 42.5 Å². The van der Waals surface area contributed by atoms with E-state index in [0.717, 1.165) is 12.8 Å². The van der Waals surface area contributed by atoms with Crippen LogP contribution in [0.2, 0.25) is 10.0 Å². The number of nitrogens with one attached hydrogen (secondary N) is 3. The lowest BCUT2D eigenvalue weighted by Crippen LogP contribution is -2.47. The number of carbonyl (C=O) groups is 3. The van der Waals surface area contributed by atoms with E-state index < -0.39 is 17.9 Å². The molecule has 1 fully saturated rings. The fourth-order valence-corrected chi connectivity index (χ4v) is 3.38. The third-order valence-corrected chi connectivity index (χ3v) is 5.39. The van der Waals surface area contributed by atoms with E-state index >= 15 is 0 Å². The molecule has 6 nitrogen and oxygen atoms in total. The molecule has 0 bridgehead atoms. The van der Waals surface area contributed by atoms with Gasteiger partial charge in [0.1, 0.15) is 6.04 Å². The van der Waals surface area contributed by atoms with Crippen molar-refractivity contribution in [3.05, 3.63) is 63.6 Å². The Hall–Kier alpha value is -2.57. The summed E-state index contributed by atoms with van der Waals surface area (Å²) in [6.45, 7) is 3.66. The number of benzene rings is 2. The van der Waals surface area contributed by atoms with Crippen LogP contribution in [0.25, 0.3) is 0 Å². The highest BCUT2D eigenvalue weighted by atomic mass is 35.5. The monoisotopic (exact) mass is 447 g/mol. The van der Waals surface area contributed by atoms with Crippen molar-refractivity contribution < 1.29 is 14.4 Å². The fourth-order valence-electron chi connectivity index (χ4n) is 2.89. The molecule has 1 aliphatic rings. The first-order valence-electron chi connectivity index (χ1n) is 9.73. The number of hydrogen-bond donors (Lipinski definition) is 3.